The van der Waals surface area contributed by atoms with Crippen LogP contribution in [0.5, 0.6) is 0 Å². The van der Waals surface area contributed by atoms with Crippen molar-refractivity contribution in [1.29, 1.82) is 0 Å². The fourth-order valence-electron chi connectivity index (χ4n) is 2.21. The number of carbonyl (C=O) groups excluding carboxylic acids is 1. The molecule has 3 aromatic carbocycles. The van der Waals surface area contributed by atoms with Gasteiger partial charge in [-0.3, -0.25) is 4.79 Å². The van der Waals surface area contributed by atoms with E-state index in [2.05, 4.69) is 0 Å². The normalized spacial score (nSPS) is 11.2. The molecule has 2 nitrogen and oxygen atoms in total. The van der Waals surface area contributed by atoms with Gasteiger partial charge in [-0.05, 0) is 42.5 Å². The summed E-state index contributed by atoms with van der Waals surface area (Å²) in [6.07, 6.45) is -4.94. The lowest BCUT2D eigenvalue weighted by molar-refractivity contribution is -0.167. The van der Waals surface area contributed by atoms with Crippen LogP contribution < -0.4 is 5.32 Å². The van der Waals surface area contributed by atoms with E-state index in [1.165, 1.54) is 35.7 Å². The molecule has 0 aliphatic rings. The number of benzene rings is 3. The van der Waals surface area contributed by atoms with E-state index >= 15 is 0 Å². The first-order valence-corrected chi connectivity index (χ1v) is 9.52. The van der Waals surface area contributed by atoms with Crippen molar-refractivity contribution in [3.63, 3.8) is 0 Å². The number of nitrogens with one attached hydrogen (secondary N) is 1. The lowest BCUT2D eigenvalue weighted by Gasteiger charge is -2.12. The van der Waals surface area contributed by atoms with Crippen molar-refractivity contribution >= 4 is 35.1 Å². The Labute approximate surface area is 163 Å². The lowest BCUT2D eigenvalue weighted by Crippen LogP contribution is -2.29. The Kier molecular flexibility index (Phi) is 6.13. The summed E-state index contributed by atoms with van der Waals surface area (Å²) in [7, 11) is 0. The highest BCUT2D eigenvalue weighted by Gasteiger charge is 2.38. The maximum absolute atomic E-state index is 12.6. The molecule has 0 fully saturated rings. The molecule has 0 aliphatic heterocycles. The summed E-state index contributed by atoms with van der Waals surface area (Å²) in [6, 6.07) is 23.9. The molecule has 0 saturated carbocycles. The highest BCUT2D eigenvalue weighted by Crippen LogP contribution is 2.36. The van der Waals surface area contributed by atoms with Gasteiger partial charge in [0, 0.05) is 25.3 Å². The molecule has 0 bridgehead atoms. The minimum Gasteiger partial charge on any atom is -0.318 e. The van der Waals surface area contributed by atoms with E-state index in [1.807, 2.05) is 72.0 Å². The van der Waals surface area contributed by atoms with Crippen molar-refractivity contribution in [2.75, 3.05) is 5.32 Å². The first kappa shape index (κ1) is 19.4. The average molecular weight is 405 g/mol. The second-order valence-corrected chi connectivity index (χ2v) is 7.77. The van der Waals surface area contributed by atoms with Crippen LogP contribution in [0, 0.1) is 0 Å². The number of carbonyl (C=O) groups is 1. The molecule has 0 radical (unpaired) electrons. The molecular weight excluding hydrogens is 391 g/mol. The van der Waals surface area contributed by atoms with E-state index in [4.69, 9.17) is 0 Å². The quantitative estimate of drug-likeness (QED) is 0.526. The summed E-state index contributed by atoms with van der Waals surface area (Å²) in [4.78, 5) is 14.7. The zero-order valence-electron chi connectivity index (χ0n) is 13.9. The first-order valence-electron chi connectivity index (χ1n) is 7.89. The molecule has 0 atom stereocenters. The minimum absolute atomic E-state index is 0.108. The van der Waals surface area contributed by atoms with Crippen molar-refractivity contribution in [2.24, 2.45) is 0 Å². The number of amides is 1. The van der Waals surface area contributed by atoms with E-state index in [1.54, 1.807) is 0 Å². The summed E-state index contributed by atoms with van der Waals surface area (Å²) in [6.45, 7) is 0. The Morgan fingerprint density at radius 1 is 0.704 bits per heavy atom. The largest absolute Gasteiger partial charge is 0.471 e. The number of hydrogen-bond donors (Lipinski definition) is 1. The van der Waals surface area contributed by atoms with Gasteiger partial charge in [0.1, 0.15) is 0 Å². The predicted molar refractivity (Wildman–Crippen MR) is 102 cm³/mol. The van der Waals surface area contributed by atoms with Crippen LogP contribution in [-0.2, 0) is 4.79 Å². The van der Waals surface area contributed by atoms with Crippen molar-refractivity contribution in [2.45, 2.75) is 25.8 Å². The van der Waals surface area contributed by atoms with Gasteiger partial charge in [-0.1, -0.05) is 59.9 Å². The van der Waals surface area contributed by atoms with Crippen molar-refractivity contribution in [1.82, 2.24) is 0 Å². The molecule has 3 rings (SSSR count). The van der Waals surface area contributed by atoms with Crippen LogP contribution in [0.1, 0.15) is 0 Å². The Morgan fingerprint density at radius 2 is 1.15 bits per heavy atom. The summed E-state index contributed by atoms with van der Waals surface area (Å²) >= 11 is 2.83. The lowest BCUT2D eigenvalue weighted by atomic mass is 10.3. The van der Waals surface area contributed by atoms with Gasteiger partial charge in [0.2, 0.25) is 0 Å². The molecule has 0 aromatic heterocycles. The molecule has 1 amide bonds. The van der Waals surface area contributed by atoms with Gasteiger partial charge in [-0.25, -0.2) is 0 Å². The second kappa shape index (κ2) is 8.54. The predicted octanol–water partition coefficient (Wildman–Crippen LogP) is 6.49. The third-order valence-corrected chi connectivity index (χ3v) is 5.31. The summed E-state index contributed by atoms with van der Waals surface area (Å²) in [5.41, 5.74) is 0.108. The molecule has 1 N–H and O–H groups in total. The summed E-state index contributed by atoms with van der Waals surface area (Å²) in [5, 5.41) is 1.94. The third kappa shape index (κ3) is 5.80. The van der Waals surface area contributed by atoms with Crippen LogP contribution in [-0.4, -0.2) is 12.1 Å². The highest BCUT2D eigenvalue weighted by molar-refractivity contribution is 8.00. The fourth-order valence-corrected chi connectivity index (χ4v) is 4.16. The van der Waals surface area contributed by atoms with Gasteiger partial charge in [0.05, 0.1) is 0 Å². The van der Waals surface area contributed by atoms with E-state index in [0.29, 0.717) is 0 Å². The van der Waals surface area contributed by atoms with Crippen molar-refractivity contribution < 1.29 is 18.0 Å². The monoisotopic (exact) mass is 405 g/mol. The molecular formula is C20H14F3NOS2. The summed E-state index contributed by atoms with van der Waals surface area (Å²) in [5.74, 6) is -1.99. The zero-order chi connectivity index (χ0) is 19.3. The van der Waals surface area contributed by atoms with Crippen LogP contribution in [0.4, 0.5) is 18.9 Å². The highest BCUT2D eigenvalue weighted by atomic mass is 32.2. The van der Waals surface area contributed by atoms with E-state index < -0.39 is 12.1 Å². The van der Waals surface area contributed by atoms with Crippen molar-refractivity contribution in [3.05, 3.63) is 78.9 Å². The zero-order valence-corrected chi connectivity index (χ0v) is 15.5. The topological polar surface area (TPSA) is 29.1 Å². The molecule has 0 unspecified atom stereocenters. The Balaban J connectivity index is 1.90. The van der Waals surface area contributed by atoms with Gasteiger partial charge in [-0.15, -0.1) is 0 Å². The molecule has 7 heteroatoms. The Bertz CT molecular complexity index is 856. The SMILES string of the molecule is O=C(Nc1cc(Sc2ccccc2)cc(Sc2ccccc2)c1)C(F)(F)F. The number of rotatable bonds is 5. The van der Waals surface area contributed by atoms with Gasteiger partial charge >= 0.3 is 12.1 Å². The van der Waals surface area contributed by atoms with Crippen LogP contribution in [0.2, 0.25) is 0 Å². The van der Waals surface area contributed by atoms with Gasteiger partial charge in [0.25, 0.3) is 0 Å². The van der Waals surface area contributed by atoms with Crippen molar-refractivity contribution in [3.8, 4) is 0 Å². The fraction of sp³-hybridized carbons (Fsp3) is 0.0500. The Morgan fingerprint density at radius 3 is 1.56 bits per heavy atom. The smallest absolute Gasteiger partial charge is 0.318 e. The van der Waals surface area contributed by atoms with Crippen LogP contribution in [0.25, 0.3) is 0 Å². The molecule has 0 aliphatic carbocycles. The van der Waals surface area contributed by atoms with Crippen LogP contribution in [0.3, 0.4) is 0 Å². The van der Waals surface area contributed by atoms with E-state index in [9.17, 15) is 18.0 Å². The maximum atomic E-state index is 12.6. The molecule has 138 valence electrons. The molecule has 3 aromatic rings. The van der Waals surface area contributed by atoms with Gasteiger partial charge in [-0.2, -0.15) is 13.2 Å². The third-order valence-electron chi connectivity index (χ3n) is 3.35. The summed E-state index contributed by atoms with van der Waals surface area (Å²) < 4.78 is 37.8. The van der Waals surface area contributed by atoms with E-state index in [0.717, 1.165) is 19.6 Å². The average Bonchev–Trinajstić information content (AvgIpc) is 2.62. The molecule has 27 heavy (non-hydrogen) atoms. The van der Waals surface area contributed by atoms with Crippen LogP contribution in [0.15, 0.2) is 98.4 Å². The second-order valence-electron chi connectivity index (χ2n) is 5.48. The maximum Gasteiger partial charge on any atom is 0.471 e. The number of alkyl halides is 3. The van der Waals surface area contributed by atoms with Crippen LogP contribution >= 0.6 is 23.5 Å². The standard InChI is InChI=1S/C20H14F3NOS2/c21-20(22,23)19(25)24-14-11-17(26-15-7-3-1-4-8-15)13-18(12-14)27-16-9-5-2-6-10-16/h1-13H,(H,24,25). The first-order chi connectivity index (χ1) is 12.9. The molecule has 0 heterocycles. The minimum atomic E-state index is -4.94. The van der Waals surface area contributed by atoms with Gasteiger partial charge < -0.3 is 5.32 Å². The molecule has 0 spiro atoms. The number of hydrogen-bond acceptors (Lipinski definition) is 3. The number of halogens is 3. The molecule has 0 saturated heterocycles. The van der Waals surface area contributed by atoms with E-state index in [-0.39, 0.29) is 5.69 Å². The number of anilines is 1. The van der Waals surface area contributed by atoms with Gasteiger partial charge in [0.15, 0.2) is 0 Å². The Hall–Kier alpha value is -2.38.